The summed E-state index contributed by atoms with van der Waals surface area (Å²) in [6.07, 6.45) is 3.95. The lowest BCUT2D eigenvalue weighted by Crippen LogP contribution is -2.29. The first-order chi connectivity index (χ1) is 9.84. The topological polar surface area (TPSA) is 69.8 Å². The second-order valence-corrected chi connectivity index (χ2v) is 5.06. The highest BCUT2D eigenvalue weighted by Crippen LogP contribution is 2.27. The first-order valence-electron chi connectivity index (χ1n) is 6.95. The molecule has 5 heteroatoms. The predicted octanol–water partition coefficient (Wildman–Crippen LogP) is 2.13. The van der Waals surface area contributed by atoms with Crippen LogP contribution in [0.4, 0.5) is 5.69 Å². The number of anilines is 1. The van der Waals surface area contributed by atoms with Gasteiger partial charge in [-0.3, -0.25) is 9.89 Å². The lowest BCUT2D eigenvalue weighted by molar-refractivity contribution is 0.102. The summed E-state index contributed by atoms with van der Waals surface area (Å²) in [5, 5.41) is 13.4. The second-order valence-electron chi connectivity index (χ2n) is 5.06. The van der Waals surface area contributed by atoms with E-state index < -0.39 is 0 Å². The van der Waals surface area contributed by atoms with Crippen molar-refractivity contribution < 1.29 is 4.79 Å². The molecule has 0 radical (unpaired) electrons. The number of nitrogens with one attached hydrogen (secondary N) is 3. The van der Waals surface area contributed by atoms with Gasteiger partial charge in [-0.15, -0.1) is 0 Å². The summed E-state index contributed by atoms with van der Waals surface area (Å²) >= 11 is 0. The summed E-state index contributed by atoms with van der Waals surface area (Å²) < 4.78 is 0. The maximum Gasteiger partial charge on any atom is 0.255 e. The molecule has 1 atom stereocenters. The van der Waals surface area contributed by atoms with Gasteiger partial charge in [0.1, 0.15) is 0 Å². The number of nitrogens with zero attached hydrogens (tertiary/aromatic N) is 1. The minimum absolute atomic E-state index is 0.1000. The first kappa shape index (κ1) is 12.9. The Kier molecular flexibility index (Phi) is 3.78. The number of carbonyl (C=O) groups excluding carboxylic acids is 1. The third-order valence-corrected chi connectivity index (χ3v) is 3.66. The SMILES string of the molecule is O=C(Nc1cn[nH]c1C1CCCNC1)c1ccccc1. The van der Waals surface area contributed by atoms with Gasteiger partial charge in [0, 0.05) is 18.0 Å². The lowest BCUT2D eigenvalue weighted by Gasteiger charge is -2.22. The van der Waals surface area contributed by atoms with E-state index in [0.717, 1.165) is 37.3 Å². The van der Waals surface area contributed by atoms with Crippen LogP contribution in [0.15, 0.2) is 36.5 Å². The number of carbonyl (C=O) groups is 1. The highest BCUT2D eigenvalue weighted by molar-refractivity contribution is 6.04. The van der Waals surface area contributed by atoms with E-state index in [1.807, 2.05) is 18.2 Å². The predicted molar refractivity (Wildman–Crippen MR) is 77.8 cm³/mol. The van der Waals surface area contributed by atoms with Gasteiger partial charge in [-0.25, -0.2) is 0 Å². The molecule has 5 nitrogen and oxygen atoms in total. The molecule has 1 saturated heterocycles. The van der Waals surface area contributed by atoms with Crippen molar-refractivity contribution in [2.45, 2.75) is 18.8 Å². The number of piperidine rings is 1. The van der Waals surface area contributed by atoms with Crippen molar-refractivity contribution in [1.82, 2.24) is 15.5 Å². The molecule has 2 aromatic rings. The van der Waals surface area contributed by atoms with Crippen LogP contribution in [0.25, 0.3) is 0 Å². The fourth-order valence-corrected chi connectivity index (χ4v) is 2.59. The molecule has 1 aliphatic rings. The van der Waals surface area contributed by atoms with Crippen LogP contribution >= 0.6 is 0 Å². The number of aromatic nitrogens is 2. The van der Waals surface area contributed by atoms with Crippen molar-refractivity contribution in [3.05, 3.63) is 47.8 Å². The molecule has 1 amide bonds. The lowest BCUT2D eigenvalue weighted by atomic mass is 9.95. The highest BCUT2D eigenvalue weighted by atomic mass is 16.1. The summed E-state index contributed by atoms with van der Waals surface area (Å²) in [5.41, 5.74) is 2.45. The zero-order valence-electron chi connectivity index (χ0n) is 11.2. The maximum atomic E-state index is 12.2. The van der Waals surface area contributed by atoms with E-state index in [2.05, 4.69) is 20.8 Å². The van der Waals surface area contributed by atoms with Crippen LogP contribution in [0.5, 0.6) is 0 Å². The number of rotatable bonds is 3. The summed E-state index contributed by atoms with van der Waals surface area (Å²) in [6.45, 7) is 1.99. The summed E-state index contributed by atoms with van der Waals surface area (Å²) in [4.78, 5) is 12.2. The molecule has 20 heavy (non-hydrogen) atoms. The second kappa shape index (κ2) is 5.88. The smallest absolute Gasteiger partial charge is 0.255 e. The van der Waals surface area contributed by atoms with Crippen LogP contribution in [-0.4, -0.2) is 29.2 Å². The molecule has 104 valence electrons. The summed E-state index contributed by atoms with van der Waals surface area (Å²) in [6, 6.07) is 9.22. The Hall–Kier alpha value is -2.14. The van der Waals surface area contributed by atoms with Gasteiger partial charge in [0.2, 0.25) is 0 Å². The van der Waals surface area contributed by atoms with Crippen LogP contribution in [0, 0.1) is 0 Å². The average molecular weight is 270 g/mol. The van der Waals surface area contributed by atoms with Gasteiger partial charge in [-0.2, -0.15) is 5.10 Å². The van der Waals surface area contributed by atoms with Gasteiger partial charge < -0.3 is 10.6 Å². The van der Waals surface area contributed by atoms with Gasteiger partial charge in [-0.05, 0) is 31.5 Å². The fourth-order valence-electron chi connectivity index (χ4n) is 2.59. The number of benzene rings is 1. The minimum atomic E-state index is -0.1000. The fraction of sp³-hybridized carbons (Fsp3) is 0.333. The van der Waals surface area contributed by atoms with Gasteiger partial charge in [0.25, 0.3) is 5.91 Å². The van der Waals surface area contributed by atoms with Crippen LogP contribution in [0.1, 0.15) is 34.8 Å². The van der Waals surface area contributed by atoms with E-state index in [1.54, 1.807) is 18.3 Å². The maximum absolute atomic E-state index is 12.2. The Balaban J connectivity index is 1.75. The van der Waals surface area contributed by atoms with Crippen LogP contribution in [0.2, 0.25) is 0 Å². The van der Waals surface area contributed by atoms with Crippen molar-refractivity contribution in [2.75, 3.05) is 18.4 Å². The number of amides is 1. The zero-order chi connectivity index (χ0) is 13.8. The Labute approximate surface area is 117 Å². The number of aromatic amines is 1. The van der Waals surface area contributed by atoms with E-state index in [-0.39, 0.29) is 5.91 Å². The number of H-pyrrole nitrogens is 1. The van der Waals surface area contributed by atoms with Gasteiger partial charge in [-0.1, -0.05) is 18.2 Å². The Morgan fingerprint density at radius 1 is 1.30 bits per heavy atom. The van der Waals surface area contributed by atoms with Crippen molar-refractivity contribution in [3.63, 3.8) is 0 Å². The zero-order valence-corrected chi connectivity index (χ0v) is 11.2. The summed E-state index contributed by atoms with van der Waals surface area (Å²) in [7, 11) is 0. The molecule has 0 saturated carbocycles. The van der Waals surface area contributed by atoms with E-state index in [4.69, 9.17) is 0 Å². The molecular formula is C15H18N4O. The normalized spacial score (nSPS) is 18.7. The third-order valence-electron chi connectivity index (χ3n) is 3.66. The molecule has 3 rings (SSSR count). The first-order valence-corrected chi connectivity index (χ1v) is 6.95. The molecule has 3 N–H and O–H groups in total. The molecule has 0 bridgehead atoms. The molecule has 0 spiro atoms. The molecule has 0 aliphatic carbocycles. The van der Waals surface area contributed by atoms with Crippen molar-refractivity contribution in [2.24, 2.45) is 0 Å². The quantitative estimate of drug-likeness (QED) is 0.800. The Morgan fingerprint density at radius 2 is 2.15 bits per heavy atom. The molecule has 2 heterocycles. The van der Waals surface area contributed by atoms with Crippen LogP contribution in [0.3, 0.4) is 0 Å². The van der Waals surface area contributed by atoms with Crippen molar-refractivity contribution in [3.8, 4) is 0 Å². The van der Waals surface area contributed by atoms with E-state index in [9.17, 15) is 4.79 Å². The standard InChI is InChI=1S/C15H18N4O/c20-15(11-5-2-1-3-6-11)18-13-10-17-19-14(13)12-7-4-8-16-9-12/h1-3,5-6,10,12,16H,4,7-9H2,(H,17,19)(H,18,20). The van der Waals surface area contributed by atoms with Crippen LogP contribution < -0.4 is 10.6 Å². The molecule has 1 aromatic heterocycles. The monoisotopic (exact) mass is 270 g/mol. The molecule has 1 aliphatic heterocycles. The van der Waals surface area contributed by atoms with Crippen LogP contribution in [-0.2, 0) is 0 Å². The average Bonchev–Trinajstić information content (AvgIpc) is 2.97. The molecule has 1 fully saturated rings. The van der Waals surface area contributed by atoms with E-state index in [0.29, 0.717) is 11.5 Å². The largest absolute Gasteiger partial charge is 0.319 e. The van der Waals surface area contributed by atoms with Crippen molar-refractivity contribution in [1.29, 1.82) is 0 Å². The third kappa shape index (κ3) is 2.72. The number of hydrogen-bond acceptors (Lipinski definition) is 3. The van der Waals surface area contributed by atoms with E-state index in [1.165, 1.54) is 0 Å². The highest BCUT2D eigenvalue weighted by Gasteiger charge is 2.21. The minimum Gasteiger partial charge on any atom is -0.319 e. The molecular weight excluding hydrogens is 252 g/mol. The van der Waals surface area contributed by atoms with Crippen molar-refractivity contribution >= 4 is 11.6 Å². The number of hydrogen-bond donors (Lipinski definition) is 3. The Bertz CT molecular complexity index is 573. The Morgan fingerprint density at radius 3 is 2.90 bits per heavy atom. The molecule has 1 aromatic carbocycles. The van der Waals surface area contributed by atoms with Gasteiger partial charge in [0.05, 0.1) is 17.6 Å². The van der Waals surface area contributed by atoms with Gasteiger partial charge >= 0.3 is 0 Å². The summed E-state index contributed by atoms with van der Waals surface area (Å²) in [5.74, 6) is 0.286. The molecule has 1 unspecified atom stereocenters. The van der Waals surface area contributed by atoms with Gasteiger partial charge in [0.15, 0.2) is 0 Å². The van der Waals surface area contributed by atoms with E-state index >= 15 is 0 Å².